The molecule has 0 aliphatic carbocycles. The summed E-state index contributed by atoms with van der Waals surface area (Å²) in [4.78, 5) is 15.1. The van der Waals surface area contributed by atoms with Crippen molar-refractivity contribution in [3.8, 4) is 0 Å². The molecule has 1 aliphatic heterocycles. The van der Waals surface area contributed by atoms with Crippen LogP contribution in [-0.2, 0) is 26.1 Å². The second kappa shape index (κ2) is 7.23. The number of benzene rings is 1. The van der Waals surface area contributed by atoms with Gasteiger partial charge < -0.3 is 9.55 Å². The van der Waals surface area contributed by atoms with Gasteiger partial charge in [0.2, 0.25) is 0 Å². The van der Waals surface area contributed by atoms with Crippen LogP contribution >= 0.6 is 0 Å². The van der Waals surface area contributed by atoms with Gasteiger partial charge in [0, 0.05) is 43.8 Å². The van der Waals surface area contributed by atoms with Gasteiger partial charge in [-0.05, 0) is 12.0 Å². The van der Waals surface area contributed by atoms with Gasteiger partial charge >= 0.3 is 0 Å². The summed E-state index contributed by atoms with van der Waals surface area (Å²) in [6, 6.07) is 11.1. The second-order valence-electron chi connectivity index (χ2n) is 6.79. The molecule has 0 saturated heterocycles. The molecule has 0 saturated carbocycles. The van der Waals surface area contributed by atoms with Crippen molar-refractivity contribution in [2.45, 2.75) is 51.9 Å². The first-order valence-corrected chi connectivity index (χ1v) is 9.15. The monoisotopic (exact) mass is 335 g/mol. The standard InChI is InChI=1S/C20H25N5/c1-2-3-9-19-22-12-17(23-19)13-25-15-20-21-10-11-24(20)14-18(25)16-7-5-4-6-8-16/h4-8,10-12,18H,2-3,9,13-15H2,1H3,(H,22,23)/t18-/m1/s1. The number of aryl methyl sites for hydroxylation is 1. The summed E-state index contributed by atoms with van der Waals surface area (Å²) in [7, 11) is 0. The normalized spacial score (nSPS) is 17.6. The lowest BCUT2D eigenvalue weighted by molar-refractivity contribution is 0.127. The Kier molecular flexibility index (Phi) is 4.65. The van der Waals surface area contributed by atoms with Crippen LogP contribution in [0.15, 0.2) is 48.9 Å². The molecule has 1 atom stereocenters. The lowest BCUT2D eigenvalue weighted by Gasteiger charge is -2.36. The molecule has 130 valence electrons. The van der Waals surface area contributed by atoms with Crippen LogP contribution < -0.4 is 0 Å². The Hall–Kier alpha value is -2.40. The van der Waals surface area contributed by atoms with Gasteiger partial charge in [0.15, 0.2) is 0 Å². The number of unbranched alkanes of at least 4 members (excludes halogenated alkanes) is 1. The molecular formula is C20H25N5. The molecule has 0 radical (unpaired) electrons. The van der Waals surface area contributed by atoms with E-state index in [1.807, 2.05) is 12.4 Å². The van der Waals surface area contributed by atoms with Crippen LogP contribution in [0.2, 0.25) is 0 Å². The Bertz CT molecular complexity index is 804. The third-order valence-corrected chi connectivity index (χ3v) is 4.96. The van der Waals surface area contributed by atoms with Crippen molar-refractivity contribution in [2.24, 2.45) is 0 Å². The molecule has 5 nitrogen and oxygen atoms in total. The number of H-pyrrole nitrogens is 1. The molecule has 0 spiro atoms. The van der Waals surface area contributed by atoms with E-state index in [9.17, 15) is 0 Å². The van der Waals surface area contributed by atoms with E-state index in [0.717, 1.165) is 37.7 Å². The van der Waals surface area contributed by atoms with Crippen molar-refractivity contribution in [2.75, 3.05) is 0 Å². The SMILES string of the molecule is CCCCc1ncc(CN2Cc3nccn3C[C@@H]2c2ccccc2)[nH]1. The predicted molar refractivity (Wildman–Crippen MR) is 97.9 cm³/mol. The molecule has 3 heterocycles. The van der Waals surface area contributed by atoms with Crippen LogP contribution in [0, 0.1) is 0 Å². The molecule has 0 unspecified atom stereocenters. The van der Waals surface area contributed by atoms with Crippen molar-refractivity contribution >= 4 is 0 Å². The molecule has 25 heavy (non-hydrogen) atoms. The zero-order valence-electron chi connectivity index (χ0n) is 14.7. The summed E-state index contributed by atoms with van der Waals surface area (Å²) in [5.41, 5.74) is 2.54. The lowest BCUT2D eigenvalue weighted by atomic mass is 10.0. The minimum Gasteiger partial charge on any atom is -0.345 e. The van der Waals surface area contributed by atoms with Crippen molar-refractivity contribution in [3.05, 3.63) is 71.8 Å². The van der Waals surface area contributed by atoms with Crippen LogP contribution in [0.3, 0.4) is 0 Å². The predicted octanol–water partition coefficient (Wildman–Crippen LogP) is 3.71. The smallest absolute Gasteiger partial charge is 0.122 e. The maximum atomic E-state index is 4.55. The number of rotatable bonds is 6. The van der Waals surface area contributed by atoms with Gasteiger partial charge in [-0.1, -0.05) is 43.7 Å². The highest BCUT2D eigenvalue weighted by atomic mass is 15.3. The number of imidazole rings is 2. The Morgan fingerprint density at radius 1 is 1.20 bits per heavy atom. The highest BCUT2D eigenvalue weighted by Gasteiger charge is 2.28. The number of hydrogen-bond acceptors (Lipinski definition) is 3. The molecule has 1 N–H and O–H groups in total. The van der Waals surface area contributed by atoms with Gasteiger partial charge in [-0.15, -0.1) is 0 Å². The molecule has 0 amide bonds. The molecule has 3 aromatic rings. The minimum atomic E-state index is 0.352. The molecule has 0 bridgehead atoms. The van der Waals surface area contributed by atoms with Crippen molar-refractivity contribution in [1.29, 1.82) is 0 Å². The van der Waals surface area contributed by atoms with Crippen LogP contribution in [0.4, 0.5) is 0 Å². The number of fused-ring (bicyclic) bond motifs is 1. The number of hydrogen-bond donors (Lipinski definition) is 1. The fourth-order valence-corrected chi connectivity index (χ4v) is 3.59. The zero-order chi connectivity index (χ0) is 17.1. The number of nitrogens with zero attached hydrogens (tertiary/aromatic N) is 4. The van der Waals surface area contributed by atoms with Crippen LogP contribution in [0.1, 0.15) is 48.7 Å². The van der Waals surface area contributed by atoms with Crippen LogP contribution in [0.25, 0.3) is 0 Å². The molecule has 0 fully saturated rings. The molecule has 5 heteroatoms. The summed E-state index contributed by atoms with van der Waals surface area (Å²) in [6.07, 6.45) is 9.39. The Morgan fingerprint density at radius 2 is 2.08 bits per heavy atom. The van der Waals surface area contributed by atoms with Gasteiger partial charge in [-0.25, -0.2) is 9.97 Å². The van der Waals surface area contributed by atoms with Gasteiger partial charge in [0.25, 0.3) is 0 Å². The quantitative estimate of drug-likeness (QED) is 0.747. The molecule has 1 aliphatic rings. The van der Waals surface area contributed by atoms with Gasteiger partial charge in [-0.2, -0.15) is 0 Å². The van der Waals surface area contributed by atoms with E-state index in [1.165, 1.54) is 24.1 Å². The van der Waals surface area contributed by atoms with E-state index in [-0.39, 0.29) is 0 Å². The fraction of sp³-hybridized carbons (Fsp3) is 0.400. The maximum absolute atomic E-state index is 4.55. The van der Waals surface area contributed by atoms with E-state index >= 15 is 0 Å². The second-order valence-corrected chi connectivity index (χ2v) is 6.79. The fourth-order valence-electron chi connectivity index (χ4n) is 3.59. The molecule has 1 aromatic carbocycles. The molecular weight excluding hydrogens is 310 g/mol. The Balaban J connectivity index is 1.56. The Labute approximate surface area is 148 Å². The third kappa shape index (κ3) is 3.51. The minimum absolute atomic E-state index is 0.352. The largest absolute Gasteiger partial charge is 0.345 e. The summed E-state index contributed by atoms with van der Waals surface area (Å²) in [5.74, 6) is 2.24. The third-order valence-electron chi connectivity index (χ3n) is 4.96. The summed E-state index contributed by atoms with van der Waals surface area (Å²) in [5, 5.41) is 0. The van der Waals surface area contributed by atoms with E-state index in [2.05, 4.69) is 67.9 Å². The molecule has 2 aromatic heterocycles. The van der Waals surface area contributed by atoms with E-state index in [0.29, 0.717) is 6.04 Å². The maximum Gasteiger partial charge on any atom is 0.122 e. The van der Waals surface area contributed by atoms with Crippen LogP contribution in [0.5, 0.6) is 0 Å². The first kappa shape index (κ1) is 16.1. The first-order valence-electron chi connectivity index (χ1n) is 9.15. The zero-order valence-corrected chi connectivity index (χ0v) is 14.7. The van der Waals surface area contributed by atoms with Gasteiger partial charge in [-0.3, -0.25) is 4.90 Å². The highest BCUT2D eigenvalue weighted by molar-refractivity contribution is 5.21. The summed E-state index contributed by atoms with van der Waals surface area (Å²) >= 11 is 0. The van der Waals surface area contributed by atoms with Crippen LogP contribution in [-0.4, -0.2) is 24.4 Å². The van der Waals surface area contributed by atoms with Crippen molar-refractivity contribution in [1.82, 2.24) is 24.4 Å². The number of nitrogens with one attached hydrogen (secondary N) is 1. The summed E-state index contributed by atoms with van der Waals surface area (Å²) < 4.78 is 2.27. The van der Waals surface area contributed by atoms with E-state index in [4.69, 9.17) is 0 Å². The van der Waals surface area contributed by atoms with E-state index < -0.39 is 0 Å². The average molecular weight is 335 g/mol. The van der Waals surface area contributed by atoms with Gasteiger partial charge in [0.05, 0.1) is 12.6 Å². The number of aromatic nitrogens is 4. The Morgan fingerprint density at radius 3 is 2.92 bits per heavy atom. The summed E-state index contributed by atoms with van der Waals surface area (Å²) in [6.45, 7) is 4.88. The van der Waals surface area contributed by atoms with E-state index in [1.54, 1.807) is 0 Å². The van der Waals surface area contributed by atoms with Gasteiger partial charge in [0.1, 0.15) is 11.6 Å². The van der Waals surface area contributed by atoms with Crippen molar-refractivity contribution < 1.29 is 0 Å². The van der Waals surface area contributed by atoms with Crippen molar-refractivity contribution in [3.63, 3.8) is 0 Å². The number of aromatic amines is 1. The molecule has 4 rings (SSSR count). The topological polar surface area (TPSA) is 49.7 Å². The highest BCUT2D eigenvalue weighted by Crippen LogP contribution is 2.30. The lowest BCUT2D eigenvalue weighted by Crippen LogP contribution is -2.36. The first-order chi connectivity index (χ1) is 12.3. The average Bonchev–Trinajstić information content (AvgIpc) is 3.29.